The number of aromatic nitrogens is 2. The molecule has 128 valence electrons. The predicted octanol–water partition coefficient (Wildman–Crippen LogP) is 4.23. The van der Waals surface area contributed by atoms with Gasteiger partial charge in [0.15, 0.2) is 0 Å². The van der Waals surface area contributed by atoms with Gasteiger partial charge in [-0.05, 0) is 30.3 Å². The molecule has 0 amide bonds. The predicted molar refractivity (Wildman–Crippen MR) is 103 cm³/mol. The number of rotatable bonds is 3. The summed E-state index contributed by atoms with van der Waals surface area (Å²) in [5, 5.41) is 4.09. The Balaban J connectivity index is 1.75. The van der Waals surface area contributed by atoms with E-state index >= 15 is 0 Å². The van der Waals surface area contributed by atoms with E-state index in [9.17, 15) is 4.79 Å². The highest BCUT2D eigenvalue weighted by Crippen LogP contribution is 2.27. The molecule has 26 heavy (non-hydrogen) atoms. The molecule has 0 unspecified atom stereocenters. The van der Waals surface area contributed by atoms with E-state index in [2.05, 4.69) is 15.3 Å². The zero-order valence-corrected chi connectivity index (χ0v) is 14.2. The number of benzene rings is 2. The van der Waals surface area contributed by atoms with Gasteiger partial charge in [-0.3, -0.25) is 0 Å². The average Bonchev–Trinajstić information content (AvgIpc) is 2.62. The van der Waals surface area contributed by atoms with Crippen molar-refractivity contribution in [3.05, 3.63) is 76.2 Å². The lowest BCUT2D eigenvalue weighted by Gasteiger charge is -2.07. The highest BCUT2D eigenvalue weighted by molar-refractivity contribution is 6.33. The Bertz CT molecular complexity index is 1170. The number of nitrogens with one attached hydrogen (secondary N) is 1. The molecule has 2 aromatic heterocycles. The summed E-state index contributed by atoms with van der Waals surface area (Å²) in [6.07, 6.45) is 1.58. The molecule has 2 aromatic carbocycles. The van der Waals surface area contributed by atoms with E-state index in [1.807, 2.05) is 12.1 Å². The number of nitrogen functional groups attached to an aromatic ring is 1. The van der Waals surface area contributed by atoms with E-state index in [1.165, 1.54) is 0 Å². The van der Waals surface area contributed by atoms with Crippen LogP contribution in [0.25, 0.3) is 22.2 Å². The molecule has 0 bridgehead atoms. The Labute approximate surface area is 153 Å². The third kappa shape index (κ3) is 3.10. The molecule has 0 saturated heterocycles. The van der Waals surface area contributed by atoms with Gasteiger partial charge in [0, 0.05) is 28.2 Å². The van der Waals surface area contributed by atoms with Gasteiger partial charge < -0.3 is 15.5 Å². The monoisotopic (exact) mass is 364 g/mol. The van der Waals surface area contributed by atoms with Crippen LogP contribution in [0.3, 0.4) is 0 Å². The number of nitrogens with two attached hydrogens (primary N) is 1. The van der Waals surface area contributed by atoms with E-state index in [1.54, 1.807) is 48.7 Å². The minimum Gasteiger partial charge on any atom is -0.403 e. The second kappa shape index (κ2) is 6.50. The highest BCUT2D eigenvalue weighted by atomic mass is 35.5. The molecule has 7 heteroatoms. The van der Waals surface area contributed by atoms with Crippen LogP contribution in [-0.4, -0.2) is 9.97 Å². The first-order valence-electron chi connectivity index (χ1n) is 7.78. The van der Waals surface area contributed by atoms with Crippen LogP contribution >= 0.6 is 11.6 Å². The van der Waals surface area contributed by atoms with Gasteiger partial charge in [0.2, 0.25) is 11.7 Å². The lowest BCUT2D eigenvalue weighted by molar-refractivity contribution is 0.551. The normalized spacial score (nSPS) is 10.8. The van der Waals surface area contributed by atoms with Crippen LogP contribution in [-0.2, 0) is 0 Å². The molecule has 0 aliphatic rings. The van der Waals surface area contributed by atoms with E-state index in [0.717, 1.165) is 5.69 Å². The molecule has 0 radical (unpaired) electrons. The van der Waals surface area contributed by atoms with Crippen molar-refractivity contribution >= 4 is 40.0 Å². The summed E-state index contributed by atoms with van der Waals surface area (Å²) in [6.45, 7) is 0. The van der Waals surface area contributed by atoms with Gasteiger partial charge in [-0.1, -0.05) is 35.9 Å². The summed E-state index contributed by atoms with van der Waals surface area (Å²) in [4.78, 5) is 20.9. The lowest BCUT2D eigenvalue weighted by Crippen LogP contribution is -2.05. The number of halogens is 1. The Morgan fingerprint density at radius 2 is 1.88 bits per heavy atom. The fourth-order valence-corrected chi connectivity index (χ4v) is 2.82. The summed E-state index contributed by atoms with van der Waals surface area (Å²) < 4.78 is 5.37. The van der Waals surface area contributed by atoms with Crippen LogP contribution in [0, 0.1) is 0 Å². The third-order valence-corrected chi connectivity index (χ3v) is 4.13. The SMILES string of the molecule is Nc1cccc(Nc2ncc3cc(-c4ccccc4Cl)c(=O)oc3n2)c1. The first-order valence-corrected chi connectivity index (χ1v) is 8.16. The standard InChI is InChI=1S/C19H13ClN4O2/c20-16-7-2-1-6-14(16)15-8-11-10-22-19(24-17(11)26-18(15)25)23-13-5-3-4-12(21)9-13/h1-10H,21H2,(H,22,23,24). The second-order valence-corrected chi connectivity index (χ2v) is 6.04. The number of anilines is 3. The molecule has 2 heterocycles. The third-order valence-electron chi connectivity index (χ3n) is 3.80. The Morgan fingerprint density at radius 1 is 1.04 bits per heavy atom. The van der Waals surface area contributed by atoms with Crippen molar-refractivity contribution in [2.45, 2.75) is 0 Å². The Kier molecular flexibility index (Phi) is 4.02. The molecule has 0 saturated carbocycles. The van der Waals surface area contributed by atoms with Gasteiger partial charge in [-0.25, -0.2) is 9.78 Å². The maximum absolute atomic E-state index is 12.4. The summed E-state index contributed by atoms with van der Waals surface area (Å²) in [5.41, 5.74) is 7.75. The van der Waals surface area contributed by atoms with Crippen molar-refractivity contribution in [1.29, 1.82) is 0 Å². The maximum Gasteiger partial charge on any atom is 0.345 e. The van der Waals surface area contributed by atoms with Crippen LogP contribution in [0.5, 0.6) is 0 Å². The molecule has 0 aliphatic carbocycles. The van der Waals surface area contributed by atoms with Gasteiger partial charge in [0.25, 0.3) is 0 Å². The van der Waals surface area contributed by atoms with E-state index in [4.69, 9.17) is 21.8 Å². The van der Waals surface area contributed by atoms with Crippen molar-refractivity contribution < 1.29 is 4.42 Å². The first-order chi connectivity index (χ1) is 12.6. The topological polar surface area (TPSA) is 94.0 Å². The molecule has 6 nitrogen and oxygen atoms in total. The highest BCUT2D eigenvalue weighted by Gasteiger charge is 2.12. The average molecular weight is 365 g/mol. The smallest absolute Gasteiger partial charge is 0.345 e. The number of hydrogen-bond donors (Lipinski definition) is 2. The number of fused-ring (bicyclic) bond motifs is 1. The van der Waals surface area contributed by atoms with E-state index in [0.29, 0.717) is 33.2 Å². The van der Waals surface area contributed by atoms with Crippen LogP contribution in [0.1, 0.15) is 0 Å². The van der Waals surface area contributed by atoms with Crippen LogP contribution in [0.4, 0.5) is 17.3 Å². The lowest BCUT2D eigenvalue weighted by atomic mass is 10.1. The molecule has 0 atom stereocenters. The minimum absolute atomic E-state index is 0.187. The quantitative estimate of drug-likeness (QED) is 0.528. The molecule has 0 fully saturated rings. The van der Waals surface area contributed by atoms with Gasteiger partial charge in [-0.2, -0.15) is 4.98 Å². The zero-order chi connectivity index (χ0) is 18.1. The van der Waals surface area contributed by atoms with Crippen molar-refractivity contribution in [3.63, 3.8) is 0 Å². The summed E-state index contributed by atoms with van der Waals surface area (Å²) in [7, 11) is 0. The first kappa shape index (κ1) is 16.1. The van der Waals surface area contributed by atoms with Crippen LogP contribution < -0.4 is 16.7 Å². The van der Waals surface area contributed by atoms with Crippen molar-refractivity contribution in [3.8, 4) is 11.1 Å². The summed E-state index contributed by atoms with van der Waals surface area (Å²) >= 11 is 6.18. The molecule has 4 aromatic rings. The van der Waals surface area contributed by atoms with Gasteiger partial charge in [0.05, 0.1) is 10.9 Å². The van der Waals surface area contributed by atoms with Gasteiger partial charge in [0.1, 0.15) is 0 Å². The fourth-order valence-electron chi connectivity index (χ4n) is 2.59. The zero-order valence-electron chi connectivity index (χ0n) is 13.4. The Morgan fingerprint density at radius 3 is 2.69 bits per heavy atom. The maximum atomic E-state index is 12.4. The van der Waals surface area contributed by atoms with Crippen LogP contribution in [0.2, 0.25) is 5.02 Å². The van der Waals surface area contributed by atoms with E-state index < -0.39 is 5.63 Å². The molecular formula is C19H13ClN4O2. The molecule has 3 N–H and O–H groups in total. The van der Waals surface area contributed by atoms with Crippen molar-refractivity contribution in [1.82, 2.24) is 9.97 Å². The largest absolute Gasteiger partial charge is 0.403 e. The number of nitrogens with zero attached hydrogens (tertiary/aromatic N) is 2. The number of hydrogen-bond acceptors (Lipinski definition) is 6. The minimum atomic E-state index is -0.515. The summed E-state index contributed by atoms with van der Waals surface area (Å²) in [6, 6.07) is 15.9. The van der Waals surface area contributed by atoms with Gasteiger partial charge >= 0.3 is 5.63 Å². The van der Waals surface area contributed by atoms with Crippen LogP contribution in [0.15, 0.2) is 70.0 Å². The molecular weight excluding hydrogens is 352 g/mol. The van der Waals surface area contributed by atoms with Crippen molar-refractivity contribution in [2.75, 3.05) is 11.1 Å². The second-order valence-electron chi connectivity index (χ2n) is 5.63. The van der Waals surface area contributed by atoms with E-state index in [-0.39, 0.29) is 5.71 Å². The fraction of sp³-hybridized carbons (Fsp3) is 0. The molecule has 0 aliphatic heterocycles. The summed E-state index contributed by atoms with van der Waals surface area (Å²) in [5.74, 6) is 0.303. The van der Waals surface area contributed by atoms with Crippen molar-refractivity contribution in [2.24, 2.45) is 0 Å². The molecule has 0 spiro atoms. The Hall–Kier alpha value is -3.38. The molecule has 4 rings (SSSR count). The van der Waals surface area contributed by atoms with Gasteiger partial charge in [-0.15, -0.1) is 0 Å².